The Balaban J connectivity index is 1.58. The molecule has 6 nitrogen and oxygen atoms in total. The Morgan fingerprint density at radius 1 is 0.926 bits per heavy atom. The van der Waals surface area contributed by atoms with Crippen LogP contribution in [0.2, 0.25) is 0 Å². The zero-order chi connectivity index (χ0) is 19.1. The molecule has 1 aromatic heterocycles. The molecule has 0 saturated carbocycles. The van der Waals surface area contributed by atoms with Gasteiger partial charge in [-0.1, -0.05) is 12.1 Å². The lowest BCUT2D eigenvalue weighted by Gasteiger charge is -2.11. The molecule has 0 atom stereocenters. The van der Waals surface area contributed by atoms with Gasteiger partial charge in [-0.25, -0.2) is 14.4 Å². The first-order chi connectivity index (χ1) is 13.2. The van der Waals surface area contributed by atoms with Gasteiger partial charge >= 0.3 is 0 Å². The van der Waals surface area contributed by atoms with E-state index in [1.165, 1.54) is 18.5 Å². The molecule has 0 aliphatic carbocycles. The van der Waals surface area contributed by atoms with Gasteiger partial charge in [-0.2, -0.15) is 0 Å². The first kappa shape index (κ1) is 18.4. The Bertz CT molecular complexity index is 905. The van der Waals surface area contributed by atoms with E-state index in [9.17, 15) is 4.39 Å². The van der Waals surface area contributed by atoms with Crippen LogP contribution in [0.25, 0.3) is 0 Å². The van der Waals surface area contributed by atoms with Crippen molar-refractivity contribution in [3.8, 4) is 11.5 Å². The van der Waals surface area contributed by atoms with Gasteiger partial charge in [-0.3, -0.25) is 0 Å². The highest BCUT2D eigenvalue weighted by Gasteiger charge is 2.05. The zero-order valence-corrected chi connectivity index (χ0v) is 15.2. The largest absolute Gasteiger partial charge is 0.493 e. The van der Waals surface area contributed by atoms with Gasteiger partial charge in [0.15, 0.2) is 11.5 Å². The van der Waals surface area contributed by atoms with Crippen molar-refractivity contribution in [2.45, 2.75) is 6.42 Å². The first-order valence-corrected chi connectivity index (χ1v) is 8.47. The van der Waals surface area contributed by atoms with Crippen LogP contribution in [0.15, 0.2) is 54.9 Å². The number of ether oxygens (including phenoxy) is 2. The molecule has 0 aliphatic heterocycles. The van der Waals surface area contributed by atoms with Crippen LogP contribution in [0.3, 0.4) is 0 Å². The van der Waals surface area contributed by atoms with Gasteiger partial charge < -0.3 is 20.1 Å². The summed E-state index contributed by atoms with van der Waals surface area (Å²) >= 11 is 0. The van der Waals surface area contributed by atoms with E-state index in [-0.39, 0.29) is 5.82 Å². The maximum atomic E-state index is 13.3. The molecule has 0 bridgehead atoms. The third-order valence-corrected chi connectivity index (χ3v) is 3.93. The van der Waals surface area contributed by atoms with E-state index in [4.69, 9.17) is 9.47 Å². The number of methoxy groups -OCH3 is 2. The number of rotatable bonds is 8. The van der Waals surface area contributed by atoms with Crippen molar-refractivity contribution >= 4 is 17.3 Å². The number of hydrogen-bond acceptors (Lipinski definition) is 6. The minimum Gasteiger partial charge on any atom is -0.493 e. The van der Waals surface area contributed by atoms with E-state index in [0.29, 0.717) is 35.4 Å². The van der Waals surface area contributed by atoms with Crippen LogP contribution in [0.1, 0.15) is 5.56 Å². The van der Waals surface area contributed by atoms with Crippen LogP contribution in [0.5, 0.6) is 11.5 Å². The average Bonchev–Trinajstić information content (AvgIpc) is 2.68. The second-order valence-corrected chi connectivity index (χ2v) is 5.79. The number of nitrogens with one attached hydrogen (secondary N) is 2. The van der Waals surface area contributed by atoms with Crippen LogP contribution in [-0.2, 0) is 6.42 Å². The Morgan fingerprint density at radius 3 is 2.52 bits per heavy atom. The quantitative estimate of drug-likeness (QED) is 0.626. The molecule has 0 radical (unpaired) electrons. The van der Waals surface area contributed by atoms with Crippen molar-refractivity contribution in [3.63, 3.8) is 0 Å². The monoisotopic (exact) mass is 368 g/mol. The van der Waals surface area contributed by atoms with Crippen molar-refractivity contribution < 1.29 is 13.9 Å². The van der Waals surface area contributed by atoms with E-state index < -0.39 is 0 Å². The zero-order valence-electron chi connectivity index (χ0n) is 15.2. The summed E-state index contributed by atoms with van der Waals surface area (Å²) in [6, 6.07) is 13.8. The predicted octanol–water partition coefficient (Wildman–Crippen LogP) is 4.03. The van der Waals surface area contributed by atoms with Gasteiger partial charge in [0.25, 0.3) is 0 Å². The standard InChI is InChI=1S/C20H21FN4O2/c1-26-17-7-6-14(10-18(17)27-2)8-9-22-19-12-20(24-13-23-19)25-16-5-3-4-15(21)11-16/h3-7,10-13H,8-9H2,1-2H3,(H2,22,23,24,25). The molecule has 0 aliphatic rings. The smallest absolute Gasteiger partial charge is 0.160 e. The lowest BCUT2D eigenvalue weighted by Crippen LogP contribution is -2.07. The molecular formula is C20H21FN4O2. The molecule has 0 spiro atoms. The fraction of sp³-hybridized carbons (Fsp3) is 0.200. The molecular weight excluding hydrogens is 347 g/mol. The SMILES string of the molecule is COc1ccc(CCNc2cc(Nc3cccc(F)c3)ncn2)cc1OC. The molecule has 7 heteroatoms. The normalized spacial score (nSPS) is 10.3. The van der Waals surface area contributed by atoms with Crippen molar-refractivity contribution in [2.75, 3.05) is 31.4 Å². The molecule has 2 aromatic carbocycles. The minimum absolute atomic E-state index is 0.303. The fourth-order valence-electron chi connectivity index (χ4n) is 2.61. The third kappa shape index (κ3) is 5.07. The molecule has 3 rings (SSSR count). The summed E-state index contributed by atoms with van der Waals surface area (Å²) in [4.78, 5) is 8.37. The molecule has 1 heterocycles. The second-order valence-electron chi connectivity index (χ2n) is 5.79. The molecule has 0 amide bonds. The highest BCUT2D eigenvalue weighted by atomic mass is 19.1. The van der Waals surface area contributed by atoms with Crippen molar-refractivity contribution in [1.82, 2.24) is 9.97 Å². The molecule has 0 saturated heterocycles. The van der Waals surface area contributed by atoms with Gasteiger partial charge in [-0.05, 0) is 42.3 Å². The number of benzene rings is 2. The van der Waals surface area contributed by atoms with Crippen LogP contribution < -0.4 is 20.1 Å². The summed E-state index contributed by atoms with van der Waals surface area (Å²) in [6.45, 7) is 0.686. The molecule has 0 fully saturated rings. The Kier molecular flexibility index (Phi) is 6.04. The van der Waals surface area contributed by atoms with Crippen molar-refractivity contribution in [1.29, 1.82) is 0 Å². The van der Waals surface area contributed by atoms with E-state index in [2.05, 4.69) is 20.6 Å². The number of halogens is 1. The third-order valence-electron chi connectivity index (χ3n) is 3.93. The summed E-state index contributed by atoms with van der Waals surface area (Å²) in [5.74, 6) is 2.38. The molecule has 2 N–H and O–H groups in total. The van der Waals surface area contributed by atoms with E-state index in [1.54, 1.807) is 32.4 Å². The lowest BCUT2D eigenvalue weighted by molar-refractivity contribution is 0.354. The predicted molar refractivity (Wildman–Crippen MR) is 103 cm³/mol. The molecule has 3 aromatic rings. The molecule has 140 valence electrons. The van der Waals surface area contributed by atoms with Gasteiger partial charge in [-0.15, -0.1) is 0 Å². The van der Waals surface area contributed by atoms with Crippen LogP contribution in [0, 0.1) is 5.82 Å². The van der Waals surface area contributed by atoms with Crippen LogP contribution in [0.4, 0.5) is 21.7 Å². The number of aromatic nitrogens is 2. The minimum atomic E-state index is -0.303. The summed E-state index contributed by atoms with van der Waals surface area (Å²) in [5, 5.41) is 6.32. The number of hydrogen-bond donors (Lipinski definition) is 2. The van der Waals surface area contributed by atoms with Gasteiger partial charge in [0, 0.05) is 18.3 Å². The number of nitrogens with zero attached hydrogens (tertiary/aromatic N) is 2. The van der Waals surface area contributed by atoms with Crippen molar-refractivity contribution in [3.05, 3.63) is 66.2 Å². The second kappa shape index (κ2) is 8.84. The average molecular weight is 368 g/mol. The van der Waals surface area contributed by atoms with E-state index >= 15 is 0 Å². The topological polar surface area (TPSA) is 68.3 Å². The molecule has 0 unspecified atom stereocenters. The summed E-state index contributed by atoms with van der Waals surface area (Å²) in [7, 11) is 3.23. The van der Waals surface area contributed by atoms with Gasteiger partial charge in [0.1, 0.15) is 23.8 Å². The maximum Gasteiger partial charge on any atom is 0.160 e. The summed E-state index contributed by atoms with van der Waals surface area (Å²) < 4.78 is 23.8. The maximum absolute atomic E-state index is 13.3. The van der Waals surface area contributed by atoms with Gasteiger partial charge in [0.2, 0.25) is 0 Å². The van der Waals surface area contributed by atoms with Crippen LogP contribution >= 0.6 is 0 Å². The lowest BCUT2D eigenvalue weighted by atomic mass is 10.1. The Labute approximate surface area is 157 Å². The highest BCUT2D eigenvalue weighted by molar-refractivity contribution is 5.58. The summed E-state index contributed by atoms with van der Waals surface area (Å²) in [6.07, 6.45) is 2.25. The van der Waals surface area contributed by atoms with E-state index in [1.807, 2.05) is 18.2 Å². The van der Waals surface area contributed by atoms with Crippen molar-refractivity contribution in [2.24, 2.45) is 0 Å². The number of anilines is 3. The van der Waals surface area contributed by atoms with E-state index in [0.717, 1.165) is 12.0 Å². The Morgan fingerprint density at radius 2 is 1.74 bits per heavy atom. The van der Waals surface area contributed by atoms with Gasteiger partial charge in [0.05, 0.1) is 14.2 Å². The molecule has 27 heavy (non-hydrogen) atoms. The van der Waals surface area contributed by atoms with Crippen LogP contribution in [-0.4, -0.2) is 30.7 Å². The first-order valence-electron chi connectivity index (χ1n) is 8.47. The highest BCUT2D eigenvalue weighted by Crippen LogP contribution is 2.27. The fourth-order valence-corrected chi connectivity index (χ4v) is 2.61. The summed E-state index contributed by atoms with van der Waals surface area (Å²) in [5.41, 5.74) is 1.75. The Hall–Kier alpha value is -3.35.